The lowest BCUT2D eigenvalue weighted by Crippen LogP contribution is -2.38. The van der Waals surface area contributed by atoms with Gasteiger partial charge in [-0.1, -0.05) is 19.9 Å². The van der Waals surface area contributed by atoms with E-state index >= 15 is 0 Å². The molecule has 1 aromatic carbocycles. The molecule has 0 aromatic heterocycles. The second kappa shape index (κ2) is 8.90. The number of anilines is 1. The maximum Gasteiger partial charge on any atom is 0.121 e. The van der Waals surface area contributed by atoms with Crippen molar-refractivity contribution in [1.29, 1.82) is 0 Å². The van der Waals surface area contributed by atoms with Crippen LogP contribution in [0.3, 0.4) is 0 Å². The molecule has 21 heavy (non-hydrogen) atoms. The van der Waals surface area contributed by atoms with E-state index in [1.807, 2.05) is 12.1 Å². The number of morpholine rings is 1. The molecule has 1 saturated heterocycles. The molecule has 118 valence electrons. The van der Waals surface area contributed by atoms with Gasteiger partial charge in [-0.15, -0.1) is 0 Å². The molecular formula is C17H28N2O2. The first-order chi connectivity index (χ1) is 10.2. The fraction of sp³-hybridized carbons (Fsp3) is 0.647. The summed E-state index contributed by atoms with van der Waals surface area (Å²) in [7, 11) is 0. The van der Waals surface area contributed by atoms with E-state index in [9.17, 15) is 0 Å². The zero-order valence-electron chi connectivity index (χ0n) is 13.3. The molecule has 0 radical (unpaired) electrons. The van der Waals surface area contributed by atoms with Crippen LogP contribution in [0, 0.1) is 5.92 Å². The Labute approximate surface area is 128 Å². The predicted octanol–water partition coefficient (Wildman–Crippen LogP) is 2.86. The lowest BCUT2D eigenvalue weighted by atomic mass is 10.1. The van der Waals surface area contributed by atoms with E-state index < -0.39 is 0 Å². The van der Waals surface area contributed by atoms with Crippen LogP contribution >= 0.6 is 0 Å². The van der Waals surface area contributed by atoms with Gasteiger partial charge in [0.15, 0.2) is 0 Å². The molecule has 0 bridgehead atoms. The first kappa shape index (κ1) is 16.1. The molecule has 0 unspecified atom stereocenters. The average molecular weight is 292 g/mol. The highest BCUT2D eigenvalue weighted by molar-refractivity contribution is 5.48. The minimum Gasteiger partial charge on any atom is -0.494 e. The van der Waals surface area contributed by atoms with Crippen molar-refractivity contribution < 1.29 is 9.47 Å². The zero-order chi connectivity index (χ0) is 14.9. The van der Waals surface area contributed by atoms with Gasteiger partial charge >= 0.3 is 0 Å². The summed E-state index contributed by atoms with van der Waals surface area (Å²) in [5.74, 6) is 1.63. The third kappa shape index (κ3) is 6.36. The molecule has 4 heteroatoms. The van der Waals surface area contributed by atoms with Crippen molar-refractivity contribution >= 4 is 5.69 Å². The van der Waals surface area contributed by atoms with Crippen LogP contribution in [0.1, 0.15) is 20.3 Å². The van der Waals surface area contributed by atoms with Gasteiger partial charge in [0.1, 0.15) is 5.75 Å². The summed E-state index contributed by atoms with van der Waals surface area (Å²) < 4.78 is 11.1. The van der Waals surface area contributed by atoms with Gasteiger partial charge in [-0.2, -0.15) is 0 Å². The Morgan fingerprint density at radius 1 is 1.29 bits per heavy atom. The molecule has 1 aliphatic heterocycles. The fourth-order valence-electron chi connectivity index (χ4n) is 2.29. The number of rotatable bonds is 8. The molecule has 1 aliphatic rings. The molecular weight excluding hydrogens is 264 g/mol. The quantitative estimate of drug-likeness (QED) is 0.799. The van der Waals surface area contributed by atoms with Gasteiger partial charge in [-0.3, -0.25) is 4.90 Å². The van der Waals surface area contributed by atoms with Gasteiger partial charge in [0.25, 0.3) is 0 Å². The van der Waals surface area contributed by atoms with Crippen LogP contribution in [0.4, 0.5) is 5.69 Å². The summed E-state index contributed by atoms with van der Waals surface area (Å²) >= 11 is 0. The van der Waals surface area contributed by atoms with E-state index in [1.54, 1.807) is 0 Å². The van der Waals surface area contributed by atoms with Crippen LogP contribution in [-0.2, 0) is 4.74 Å². The topological polar surface area (TPSA) is 33.7 Å². The van der Waals surface area contributed by atoms with Crippen molar-refractivity contribution in [3.05, 3.63) is 24.3 Å². The van der Waals surface area contributed by atoms with Crippen LogP contribution in [0.5, 0.6) is 5.75 Å². The molecule has 4 nitrogen and oxygen atoms in total. The Kier molecular flexibility index (Phi) is 6.83. The Bertz CT molecular complexity index is 404. The summed E-state index contributed by atoms with van der Waals surface area (Å²) in [5.41, 5.74) is 1.13. The first-order valence-corrected chi connectivity index (χ1v) is 8.01. The van der Waals surface area contributed by atoms with Gasteiger partial charge in [0.2, 0.25) is 0 Å². The second-order valence-corrected chi connectivity index (χ2v) is 5.94. The maximum atomic E-state index is 5.79. The van der Waals surface area contributed by atoms with E-state index in [1.165, 1.54) is 0 Å². The zero-order valence-corrected chi connectivity index (χ0v) is 13.3. The number of ether oxygens (including phenoxy) is 2. The van der Waals surface area contributed by atoms with Gasteiger partial charge in [0, 0.05) is 37.9 Å². The van der Waals surface area contributed by atoms with E-state index in [2.05, 4.69) is 36.2 Å². The largest absolute Gasteiger partial charge is 0.494 e. The van der Waals surface area contributed by atoms with E-state index in [0.29, 0.717) is 5.92 Å². The number of nitrogens with one attached hydrogen (secondary N) is 1. The Morgan fingerprint density at radius 3 is 2.86 bits per heavy atom. The fourth-order valence-corrected chi connectivity index (χ4v) is 2.29. The molecule has 2 rings (SSSR count). The second-order valence-electron chi connectivity index (χ2n) is 5.94. The van der Waals surface area contributed by atoms with Crippen molar-refractivity contribution in [1.82, 2.24) is 4.90 Å². The third-order valence-corrected chi connectivity index (χ3v) is 3.66. The summed E-state index contributed by atoms with van der Waals surface area (Å²) in [5, 5.41) is 3.47. The molecule has 0 spiro atoms. The summed E-state index contributed by atoms with van der Waals surface area (Å²) in [6.45, 7) is 11.0. The normalized spacial score (nSPS) is 16.1. The lowest BCUT2D eigenvalue weighted by molar-refractivity contribution is 0.0398. The Hall–Kier alpha value is -1.26. The van der Waals surface area contributed by atoms with Crippen molar-refractivity contribution in [2.75, 3.05) is 51.3 Å². The van der Waals surface area contributed by atoms with E-state index in [0.717, 1.165) is 63.9 Å². The highest BCUT2D eigenvalue weighted by Gasteiger charge is 2.09. The van der Waals surface area contributed by atoms with Crippen LogP contribution in [-0.4, -0.2) is 50.9 Å². The minimum absolute atomic E-state index is 0.680. The van der Waals surface area contributed by atoms with E-state index in [4.69, 9.17) is 9.47 Å². The number of hydrogen-bond donors (Lipinski definition) is 1. The minimum atomic E-state index is 0.680. The van der Waals surface area contributed by atoms with Crippen LogP contribution in [0.15, 0.2) is 24.3 Å². The molecule has 1 fully saturated rings. The molecule has 0 amide bonds. The van der Waals surface area contributed by atoms with Crippen LogP contribution < -0.4 is 10.1 Å². The van der Waals surface area contributed by atoms with Crippen LogP contribution in [0.25, 0.3) is 0 Å². The average Bonchev–Trinajstić information content (AvgIpc) is 2.48. The monoisotopic (exact) mass is 292 g/mol. The smallest absolute Gasteiger partial charge is 0.121 e. The predicted molar refractivity (Wildman–Crippen MR) is 87.1 cm³/mol. The van der Waals surface area contributed by atoms with E-state index in [-0.39, 0.29) is 0 Å². The molecule has 0 aliphatic carbocycles. The number of nitrogens with zero attached hydrogens (tertiary/aromatic N) is 1. The van der Waals surface area contributed by atoms with Crippen molar-refractivity contribution in [3.63, 3.8) is 0 Å². The molecule has 0 atom stereocenters. The molecule has 1 heterocycles. The maximum absolute atomic E-state index is 5.79. The van der Waals surface area contributed by atoms with Gasteiger partial charge in [0.05, 0.1) is 19.8 Å². The lowest BCUT2D eigenvalue weighted by Gasteiger charge is -2.26. The van der Waals surface area contributed by atoms with Crippen molar-refractivity contribution in [2.45, 2.75) is 20.3 Å². The van der Waals surface area contributed by atoms with Crippen molar-refractivity contribution in [2.24, 2.45) is 5.92 Å². The highest BCUT2D eigenvalue weighted by Crippen LogP contribution is 2.17. The van der Waals surface area contributed by atoms with Gasteiger partial charge in [-0.25, -0.2) is 0 Å². The first-order valence-electron chi connectivity index (χ1n) is 8.01. The SMILES string of the molecule is CC(C)CCOc1cccc(NCCN2CCOCC2)c1. The summed E-state index contributed by atoms with van der Waals surface area (Å²) in [6.07, 6.45) is 1.09. The number of hydrogen-bond acceptors (Lipinski definition) is 4. The molecule has 0 saturated carbocycles. The summed E-state index contributed by atoms with van der Waals surface area (Å²) in [6, 6.07) is 8.24. The standard InChI is InChI=1S/C17H28N2O2/c1-15(2)6-11-21-17-5-3-4-16(14-17)18-7-8-19-9-12-20-13-10-19/h3-5,14-15,18H,6-13H2,1-2H3. The van der Waals surface area contributed by atoms with Crippen LogP contribution in [0.2, 0.25) is 0 Å². The number of benzene rings is 1. The Morgan fingerprint density at radius 2 is 2.10 bits per heavy atom. The molecule has 1 N–H and O–H groups in total. The Balaban J connectivity index is 1.70. The van der Waals surface area contributed by atoms with Gasteiger partial charge in [-0.05, 0) is 24.5 Å². The summed E-state index contributed by atoms with van der Waals surface area (Å²) in [4.78, 5) is 2.43. The molecule has 1 aromatic rings. The van der Waals surface area contributed by atoms with Crippen molar-refractivity contribution in [3.8, 4) is 5.75 Å². The highest BCUT2D eigenvalue weighted by atomic mass is 16.5. The van der Waals surface area contributed by atoms with Gasteiger partial charge < -0.3 is 14.8 Å². The third-order valence-electron chi connectivity index (χ3n) is 3.66.